The molecule has 1 atom stereocenters. The summed E-state index contributed by atoms with van der Waals surface area (Å²) in [6.45, 7) is 5.56. The maximum absolute atomic E-state index is 5.64. The zero-order valence-corrected chi connectivity index (χ0v) is 15.0. The van der Waals surface area contributed by atoms with Crippen LogP contribution in [0, 0.1) is 0 Å². The SMILES string of the molecule is CCc1nnc(CN(C)[C@@H]2CCCN(Cc3noc(C4CC4)n3)C2)o1. The van der Waals surface area contributed by atoms with E-state index in [2.05, 4.69) is 37.2 Å². The molecule has 2 aromatic heterocycles. The van der Waals surface area contributed by atoms with Gasteiger partial charge in [0.05, 0.1) is 13.1 Å². The van der Waals surface area contributed by atoms with Crippen LogP contribution in [-0.2, 0) is 19.5 Å². The third kappa shape index (κ3) is 4.07. The smallest absolute Gasteiger partial charge is 0.230 e. The van der Waals surface area contributed by atoms with Crippen LogP contribution in [0.5, 0.6) is 0 Å². The number of hydrogen-bond acceptors (Lipinski definition) is 8. The second-order valence-corrected chi connectivity index (χ2v) is 7.21. The van der Waals surface area contributed by atoms with Gasteiger partial charge >= 0.3 is 0 Å². The van der Waals surface area contributed by atoms with Crippen LogP contribution >= 0.6 is 0 Å². The topological polar surface area (TPSA) is 84.3 Å². The van der Waals surface area contributed by atoms with E-state index in [1.165, 1.54) is 25.7 Å². The highest BCUT2D eigenvalue weighted by Gasteiger charge is 2.30. The first-order chi connectivity index (χ1) is 12.2. The lowest BCUT2D eigenvalue weighted by Gasteiger charge is -2.36. The first-order valence-electron chi connectivity index (χ1n) is 9.27. The number of rotatable bonds is 7. The number of aryl methyl sites for hydroxylation is 1. The molecule has 2 fully saturated rings. The molecule has 8 nitrogen and oxygen atoms in total. The molecular formula is C17H26N6O2. The third-order valence-electron chi connectivity index (χ3n) is 5.08. The molecule has 136 valence electrons. The van der Waals surface area contributed by atoms with Crippen molar-refractivity contribution in [3.8, 4) is 0 Å². The Morgan fingerprint density at radius 2 is 2.04 bits per heavy atom. The number of piperidine rings is 1. The highest BCUT2D eigenvalue weighted by Crippen LogP contribution is 2.38. The van der Waals surface area contributed by atoms with Gasteiger partial charge in [-0.05, 0) is 39.3 Å². The number of likely N-dealkylation sites (tertiary alicyclic amines) is 1. The predicted octanol–water partition coefficient (Wildman–Crippen LogP) is 1.99. The highest BCUT2D eigenvalue weighted by atomic mass is 16.5. The predicted molar refractivity (Wildman–Crippen MR) is 89.7 cm³/mol. The molecule has 0 amide bonds. The number of nitrogens with zero attached hydrogens (tertiary/aromatic N) is 6. The van der Waals surface area contributed by atoms with Crippen LogP contribution < -0.4 is 0 Å². The summed E-state index contributed by atoms with van der Waals surface area (Å²) in [6.07, 6.45) is 5.51. The van der Waals surface area contributed by atoms with E-state index < -0.39 is 0 Å². The van der Waals surface area contributed by atoms with Crippen molar-refractivity contribution in [3.63, 3.8) is 0 Å². The van der Waals surface area contributed by atoms with Gasteiger partial charge in [0.2, 0.25) is 17.7 Å². The molecule has 0 aromatic carbocycles. The molecule has 8 heteroatoms. The van der Waals surface area contributed by atoms with Crippen molar-refractivity contribution in [3.05, 3.63) is 23.5 Å². The molecule has 1 aliphatic heterocycles. The van der Waals surface area contributed by atoms with Gasteiger partial charge in [-0.3, -0.25) is 9.80 Å². The molecule has 0 bridgehead atoms. The maximum atomic E-state index is 5.64. The fourth-order valence-electron chi connectivity index (χ4n) is 3.40. The Morgan fingerprint density at radius 3 is 2.80 bits per heavy atom. The normalized spacial score (nSPS) is 22.0. The summed E-state index contributed by atoms with van der Waals surface area (Å²) in [4.78, 5) is 9.27. The van der Waals surface area contributed by atoms with Gasteiger partial charge in [-0.2, -0.15) is 4.98 Å². The second-order valence-electron chi connectivity index (χ2n) is 7.21. The largest absolute Gasteiger partial charge is 0.424 e. The minimum atomic E-state index is 0.473. The van der Waals surface area contributed by atoms with Crippen molar-refractivity contribution in [1.82, 2.24) is 30.1 Å². The minimum absolute atomic E-state index is 0.473. The molecular weight excluding hydrogens is 320 g/mol. The van der Waals surface area contributed by atoms with Gasteiger partial charge in [0.15, 0.2) is 5.82 Å². The van der Waals surface area contributed by atoms with Gasteiger partial charge in [-0.25, -0.2) is 0 Å². The fourth-order valence-corrected chi connectivity index (χ4v) is 3.40. The summed E-state index contributed by atoms with van der Waals surface area (Å²) >= 11 is 0. The summed E-state index contributed by atoms with van der Waals surface area (Å²) in [7, 11) is 2.13. The van der Waals surface area contributed by atoms with Gasteiger partial charge in [-0.15, -0.1) is 10.2 Å². The zero-order chi connectivity index (χ0) is 17.2. The fraction of sp³-hybridized carbons (Fsp3) is 0.765. The van der Waals surface area contributed by atoms with E-state index in [1.807, 2.05) is 6.92 Å². The Kier molecular flexibility index (Phi) is 4.80. The van der Waals surface area contributed by atoms with Gasteiger partial charge in [0, 0.05) is 24.9 Å². The average Bonchev–Trinajstić information content (AvgIpc) is 3.20. The Labute approximate surface area is 147 Å². The van der Waals surface area contributed by atoms with Gasteiger partial charge in [0.25, 0.3) is 0 Å². The van der Waals surface area contributed by atoms with Crippen LogP contribution in [0.15, 0.2) is 8.94 Å². The second kappa shape index (κ2) is 7.21. The standard InChI is InChI=1S/C17H26N6O2/c1-3-15-19-20-16(24-15)11-22(2)13-5-4-8-23(9-13)10-14-18-17(25-21-14)12-6-7-12/h12-13H,3-11H2,1-2H3/t13-/m1/s1. The summed E-state index contributed by atoms with van der Waals surface area (Å²) < 4.78 is 11.0. The van der Waals surface area contributed by atoms with E-state index >= 15 is 0 Å². The van der Waals surface area contributed by atoms with Crippen LogP contribution in [0.25, 0.3) is 0 Å². The first-order valence-corrected chi connectivity index (χ1v) is 9.27. The first kappa shape index (κ1) is 16.7. The molecule has 0 N–H and O–H groups in total. The summed E-state index contributed by atoms with van der Waals surface area (Å²) in [5, 5.41) is 12.3. The Morgan fingerprint density at radius 1 is 1.20 bits per heavy atom. The molecule has 1 aliphatic carbocycles. The highest BCUT2D eigenvalue weighted by molar-refractivity contribution is 5.02. The number of likely N-dealkylation sites (N-methyl/N-ethyl adjacent to an activating group) is 1. The summed E-state index contributed by atoms with van der Waals surface area (Å²) in [6, 6.07) is 0.473. The van der Waals surface area contributed by atoms with E-state index in [0.717, 1.165) is 37.8 Å². The van der Waals surface area contributed by atoms with Crippen molar-refractivity contribution >= 4 is 0 Å². The zero-order valence-electron chi connectivity index (χ0n) is 15.0. The number of hydrogen-bond donors (Lipinski definition) is 0. The van der Waals surface area contributed by atoms with Gasteiger partial charge in [-0.1, -0.05) is 12.1 Å². The molecule has 1 saturated heterocycles. The molecule has 0 spiro atoms. The third-order valence-corrected chi connectivity index (χ3v) is 5.08. The Balaban J connectivity index is 1.31. The Hall–Kier alpha value is -1.80. The van der Waals surface area contributed by atoms with Crippen LogP contribution in [0.1, 0.15) is 62.0 Å². The van der Waals surface area contributed by atoms with Crippen LogP contribution in [0.2, 0.25) is 0 Å². The monoisotopic (exact) mass is 346 g/mol. The summed E-state index contributed by atoms with van der Waals surface area (Å²) in [5.41, 5.74) is 0. The van der Waals surface area contributed by atoms with E-state index in [4.69, 9.17) is 8.94 Å². The lowest BCUT2D eigenvalue weighted by molar-refractivity contribution is 0.0986. The molecule has 2 aromatic rings. The van der Waals surface area contributed by atoms with E-state index in [9.17, 15) is 0 Å². The van der Waals surface area contributed by atoms with Crippen LogP contribution in [-0.4, -0.2) is 56.3 Å². The summed E-state index contributed by atoms with van der Waals surface area (Å²) in [5.74, 6) is 3.56. The number of aromatic nitrogens is 4. The lowest BCUT2D eigenvalue weighted by atomic mass is 10.0. The van der Waals surface area contributed by atoms with Crippen molar-refractivity contribution in [1.29, 1.82) is 0 Å². The van der Waals surface area contributed by atoms with Crippen LogP contribution in [0.4, 0.5) is 0 Å². The lowest BCUT2D eigenvalue weighted by Crippen LogP contribution is -2.45. The van der Waals surface area contributed by atoms with Crippen molar-refractivity contribution in [2.45, 2.75) is 64.1 Å². The molecule has 3 heterocycles. The van der Waals surface area contributed by atoms with Gasteiger partial charge < -0.3 is 8.94 Å². The molecule has 0 unspecified atom stereocenters. The molecule has 4 rings (SSSR count). The van der Waals surface area contributed by atoms with Crippen molar-refractivity contribution in [2.75, 3.05) is 20.1 Å². The molecule has 25 heavy (non-hydrogen) atoms. The van der Waals surface area contributed by atoms with Crippen LogP contribution in [0.3, 0.4) is 0 Å². The molecule has 2 aliphatic rings. The van der Waals surface area contributed by atoms with Crippen molar-refractivity contribution < 1.29 is 8.94 Å². The Bertz CT molecular complexity index is 695. The maximum Gasteiger partial charge on any atom is 0.230 e. The molecule has 1 saturated carbocycles. The molecule has 0 radical (unpaired) electrons. The average molecular weight is 346 g/mol. The van der Waals surface area contributed by atoms with E-state index in [0.29, 0.717) is 30.3 Å². The minimum Gasteiger partial charge on any atom is -0.424 e. The van der Waals surface area contributed by atoms with Gasteiger partial charge in [0.1, 0.15) is 0 Å². The van der Waals surface area contributed by atoms with E-state index in [-0.39, 0.29) is 0 Å². The van der Waals surface area contributed by atoms with Crippen molar-refractivity contribution in [2.24, 2.45) is 0 Å². The quantitative estimate of drug-likeness (QED) is 0.752. The van der Waals surface area contributed by atoms with E-state index in [1.54, 1.807) is 0 Å².